The molecule has 26 heavy (non-hydrogen) atoms. The van der Waals surface area contributed by atoms with Crippen molar-refractivity contribution in [2.45, 2.75) is 83.3 Å². The van der Waals surface area contributed by atoms with Gasteiger partial charge in [-0.3, -0.25) is 4.79 Å². The lowest BCUT2D eigenvalue weighted by atomic mass is 9.46. The van der Waals surface area contributed by atoms with Crippen LogP contribution in [0.25, 0.3) is 0 Å². The van der Waals surface area contributed by atoms with E-state index in [2.05, 4.69) is 26.0 Å². The smallest absolute Gasteiger partial charge is 0.161 e. The summed E-state index contributed by atoms with van der Waals surface area (Å²) in [7, 11) is 0. The van der Waals surface area contributed by atoms with E-state index in [1.807, 2.05) is 0 Å². The Morgan fingerprint density at radius 2 is 1.85 bits per heavy atom. The molecule has 4 heteroatoms. The number of nitrogens with zero attached hydrogens (tertiary/aromatic N) is 1. The van der Waals surface area contributed by atoms with Crippen molar-refractivity contribution in [1.29, 1.82) is 5.26 Å². The zero-order valence-electron chi connectivity index (χ0n) is 16.2. The van der Waals surface area contributed by atoms with Gasteiger partial charge in [-0.15, -0.1) is 0 Å². The Balaban J connectivity index is 1.67. The summed E-state index contributed by atoms with van der Waals surface area (Å²) >= 11 is 0. The number of ketones is 1. The minimum atomic E-state index is -1.19. The van der Waals surface area contributed by atoms with Crippen molar-refractivity contribution < 1.29 is 15.0 Å². The highest BCUT2D eigenvalue weighted by Crippen LogP contribution is 2.67. The summed E-state index contributed by atoms with van der Waals surface area (Å²) in [5.41, 5.74) is -1.37. The van der Waals surface area contributed by atoms with Gasteiger partial charge in [-0.1, -0.05) is 25.5 Å². The first-order chi connectivity index (χ1) is 12.1. The molecule has 0 aliphatic heterocycles. The van der Waals surface area contributed by atoms with Crippen molar-refractivity contribution >= 4 is 5.78 Å². The highest BCUT2D eigenvalue weighted by Gasteiger charge is 2.64. The van der Waals surface area contributed by atoms with Gasteiger partial charge >= 0.3 is 0 Å². The average molecular weight is 357 g/mol. The number of aliphatic hydroxyl groups is 2. The monoisotopic (exact) mass is 357 g/mol. The third-order valence-corrected chi connectivity index (χ3v) is 9.16. The van der Waals surface area contributed by atoms with Gasteiger partial charge in [0.15, 0.2) is 11.4 Å². The molecule has 2 N–H and O–H groups in total. The summed E-state index contributed by atoms with van der Waals surface area (Å²) in [4.78, 5) is 11.9. The SMILES string of the molecule is CC(=O)C1(O)CC[C@@]2(C)C(=CC[C@@H]3[C@H]2CC[C@@]2(C)[C@H]3CCC2(O)C#N)C1. The average Bonchev–Trinajstić information content (AvgIpc) is 2.87. The first kappa shape index (κ1) is 18.2. The molecule has 0 saturated heterocycles. The van der Waals surface area contributed by atoms with Crippen LogP contribution in [0.4, 0.5) is 0 Å². The summed E-state index contributed by atoms with van der Waals surface area (Å²) in [6.07, 6.45) is 8.53. The van der Waals surface area contributed by atoms with Gasteiger partial charge in [0.2, 0.25) is 0 Å². The summed E-state index contributed by atoms with van der Waals surface area (Å²) in [6, 6.07) is 2.23. The zero-order chi connectivity index (χ0) is 19.0. The molecular weight excluding hydrogens is 326 g/mol. The van der Waals surface area contributed by atoms with Gasteiger partial charge in [-0.25, -0.2) is 0 Å². The molecule has 0 aromatic carbocycles. The quantitative estimate of drug-likeness (QED) is 0.556. The lowest BCUT2D eigenvalue weighted by Crippen LogP contribution is -2.55. The van der Waals surface area contributed by atoms with E-state index in [0.29, 0.717) is 37.0 Å². The number of hydrogen-bond donors (Lipinski definition) is 2. The molecule has 0 heterocycles. The Hall–Kier alpha value is -1.18. The molecule has 0 amide bonds. The van der Waals surface area contributed by atoms with E-state index >= 15 is 0 Å². The number of Topliss-reactive ketones (excluding diaryl/α,β-unsaturated/α-hetero) is 1. The number of fused-ring (bicyclic) bond motifs is 5. The van der Waals surface area contributed by atoms with Crippen LogP contribution in [-0.4, -0.2) is 27.2 Å². The molecule has 0 aromatic rings. The van der Waals surface area contributed by atoms with Crippen LogP contribution < -0.4 is 0 Å². The number of allylic oxidation sites excluding steroid dienone is 1. The van der Waals surface area contributed by atoms with E-state index < -0.39 is 11.2 Å². The molecular formula is C22H31NO3. The molecule has 2 unspecified atom stereocenters. The van der Waals surface area contributed by atoms with Crippen molar-refractivity contribution in [2.75, 3.05) is 0 Å². The van der Waals surface area contributed by atoms with Crippen LogP contribution >= 0.6 is 0 Å². The number of nitriles is 1. The maximum absolute atomic E-state index is 11.9. The van der Waals surface area contributed by atoms with Gasteiger partial charge in [0.05, 0.1) is 6.07 Å². The van der Waals surface area contributed by atoms with Gasteiger partial charge in [0.25, 0.3) is 0 Å². The summed E-state index contributed by atoms with van der Waals surface area (Å²) in [5, 5.41) is 31.3. The molecule has 4 aliphatic carbocycles. The molecule has 4 aliphatic rings. The number of carbonyl (C=O) groups excluding carboxylic acids is 1. The topological polar surface area (TPSA) is 81.3 Å². The second-order valence-electron chi connectivity index (χ2n) is 9.99. The maximum Gasteiger partial charge on any atom is 0.161 e. The van der Waals surface area contributed by atoms with Gasteiger partial charge in [0.1, 0.15) is 5.60 Å². The molecule has 3 saturated carbocycles. The Labute approximate surface area is 156 Å². The molecule has 0 radical (unpaired) electrons. The van der Waals surface area contributed by atoms with Crippen LogP contribution in [-0.2, 0) is 4.79 Å². The van der Waals surface area contributed by atoms with Crippen LogP contribution in [0.1, 0.15) is 72.1 Å². The van der Waals surface area contributed by atoms with Crippen LogP contribution in [0.2, 0.25) is 0 Å². The second kappa shape index (κ2) is 5.42. The summed E-state index contributed by atoms with van der Waals surface area (Å²) < 4.78 is 0. The Kier molecular flexibility index (Phi) is 3.80. The van der Waals surface area contributed by atoms with Crippen molar-refractivity contribution in [1.82, 2.24) is 0 Å². The molecule has 4 rings (SSSR count). The molecule has 7 atom stereocenters. The van der Waals surface area contributed by atoms with Crippen LogP contribution in [0.3, 0.4) is 0 Å². The zero-order valence-corrected chi connectivity index (χ0v) is 16.2. The third-order valence-electron chi connectivity index (χ3n) is 9.16. The predicted molar refractivity (Wildman–Crippen MR) is 97.9 cm³/mol. The fourth-order valence-electron chi connectivity index (χ4n) is 7.15. The normalized spacial score (nSPS) is 52.9. The minimum absolute atomic E-state index is 0.0409. The van der Waals surface area contributed by atoms with Gasteiger partial charge < -0.3 is 10.2 Å². The van der Waals surface area contributed by atoms with Crippen molar-refractivity contribution in [3.05, 3.63) is 11.6 Å². The maximum atomic E-state index is 11.9. The lowest BCUT2D eigenvalue weighted by molar-refractivity contribution is -0.141. The number of rotatable bonds is 1. The first-order valence-corrected chi connectivity index (χ1v) is 10.2. The van der Waals surface area contributed by atoms with Gasteiger partial charge in [-0.05, 0) is 75.0 Å². The molecule has 3 fully saturated rings. The predicted octanol–water partition coefficient (Wildman–Crippen LogP) is 3.52. The van der Waals surface area contributed by atoms with Crippen molar-refractivity contribution in [3.8, 4) is 6.07 Å². The molecule has 0 aromatic heterocycles. The van der Waals surface area contributed by atoms with E-state index in [1.165, 1.54) is 12.5 Å². The Morgan fingerprint density at radius 1 is 1.15 bits per heavy atom. The summed E-state index contributed by atoms with van der Waals surface area (Å²) in [5.74, 6) is 1.29. The Morgan fingerprint density at radius 3 is 2.50 bits per heavy atom. The van der Waals surface area contributed by atoms with Crippen molar-refractivity contribution in [3.63, 3.8) is 0 Å². The van der Waals surface area contributed by atoms with E-state index in [1.54, 1.807) is 0 Å². The lowest BCUT2D eigenvalue weighted by Gasteiger charge is -2.59. The Bertz CT molecular complexity index is 723. The summed E-state index contributed by atoms with van der Waals surface area (Å²) in [6.45, 7) is 5.95. The van der Waals surface area contributed by atoms with Crippen LogP contribution in [0, 0.1) is 39.9 Å². The molecule has 0 spiro atoms. The molecule has 0 bridgehead atoms. The molecule has 4 nitrogen and oxygen atoms in total. The first-order valence-electron chi connectivity index (χ1n) is 10.2. The fourth-order valence-corrected chi connectivity index (χ4v) is 7.15. The third kappa shape index (κ3) is 2.11. The van der Waals surface area contributed by atoms with Gasteiger partial charge in [0, 0.05) is 11.8 Å². The second-order valence-corrected chi connectivity index (χ2v) is 9.99. The minimum Gasteiger partial charge on any atom is -0.382 e. The standard InChI is InChI=1S/C22H31NO3/c1-14(24)21(25)11-10-19(2)15(12-21)4-5-16-17(19)6-8-20(3)18(16)7-9-22(20,26)13-23/h4,16-18,25-26H,5-12H2,1-3H3/t16-,17-,18+,19+,20+,21?,22?/m1/s1. The van der Waals surface area contributed by atoms with Crippen LogP contribution in [0.5, 0.6) is 0 Å². The van der Waals surface area contributed by atoms with E-state index in [-0.39, 0.29) is 16.6 Å². The van der Waals surface area contributed by atoms with E-state index in [0.717, 1.165) is 32.1 Å². The highest BCUT2D eigenvalue weighted by molar-refractivity contribution is 5.85. The van der Waals surface area contributed by atoms with Crippen LogP contribution in [0.15, 0.2) is 11.6 Å². The number of hydrogen-bond acceptors (Lipinski definition) is 4. The fraction of sp³-hybridized carbons (Fsp3) is 0.818. The van der Waals surface area contributed by atoms with Crippen molar-refractivity contribution in [2.24, 2.45) is 28.6 Å². The largest absolute Gasteiger partial charge is 0.382 e. The van der Waals surface area contributed by atoms with E-state index in [9.17, 15) is 20.3 Å². The van der Waals surface area contributed by atoms with E-state index in [4.69, 9.17) is 0 Å². The van der Waals surface area contributed by atoms with Gasteiger partial charge in [-0.2, -0.15) is 5.26 Å². The number of carbonyl (C=O) groups is 1. The highest BCUT2D eigenvalue weighted by atomic mass is 16.3. The molecule has 142 valence electrons.